The molecule has 0 saturated heterocycles. The SMILES string of the molecule is c1ccc2cc3c(cc2c1)c1c2c4ccccc4c4ccccc4c2ccc1n3-c1nc(-c2cccc3c2oc2ccccc23)c2ccc3ccccc3c2n1. The molecule has 0 bridgehead atoms. The number of fused-ring (bicyclic) bond motifs is 17. The van der Waals surface area contributed by atoms with Gasteiger partial charge < -0.3 is 4.42 Å². The van der Waals surface area contributed by atoms with Gasteiger partial charge in [-0.1, -0.05) is 140 Å². The van der Waals surface area contributed by atoms with Crippen molar-refractivity contribution < 1.29 is 4.42 Å². The van der Waals surface area contributed by atoms with Crippen molar-refractivity contribution >= 4 is 109 Å². The average Bonchev–Trinajstić information content (AvgIpc) is 3.80. The molecule has 0 unspecified atom stereocenters. The number of hydrogen-bond donors (Lipinski definition) is 0. The van der Waals surface area contributed by atoms with Gasteiger partial charge in [-0.25, -0.2) is 9.97 Å². The molecule has 258 valence electrons. The molecule has 4 heteroatoms. The quantitative estimate of drug-likeness (QED) is 0.168. The zero-order valence-electron chi connectivity index (χ0n) is 30.0. The highest BCUT2D eigenvalue weighted by Gasteiger charge is 2.23. The number of benzene rings is 10. The largest absolute Gasteiger partial charge is 0.455 e. The van der Waals surface area contributed by atoms with E-state index in [1.165, 1.54) is 53.9 Å². The van der Waals surface area contributed by atoms with E-state index in [2.05, 4.69) is 168 Å². The number of nitrogens with zero attached hydrogens (tertiary/aromatic N) is 3. The van der Waals surface area contributed by atoms with Crippen LogP contribution in [0.4, 0.5) is 0 Å². The van der Waals surface area contributed by atoms with E-state index in [0.29, 0.717) is 5.95 Å². The summed E-state index contributed by atoms with van der Waals surface area (Å²) in [7, 11) is 0. The Labute approximate surface area is 319 Å². The lowest BCUT2D eigenvalue weighted by Crippen LogP contribution is -2.04. The van der Waals surface area contributed by atoms with Crippen LogP contribution >= 0.6 is 0 Å². The standard InChI is InChI=1S/C52H29N3O/c1-2-14-32-29-45-43(28-31(32)13-1)48-44(27-26-39-36-18-6-5-16-34(36)35-17-7-8-20-38(35)47(39)48)55(45)52-53-49-33-15-4-3-12-30(33)24-25-41(49)50(54-52)42-22-11-21-40-37-19-9-10-23-46(37)56-51(40)42/h1-29H. The fraction of sp³-hybridized carbons (Fsp3) is 0. The van der Waals surface area contributed by atoms with Crippen molar-refractivity contribution in [3.05, 3.63) is 176 Å². The minimum atomic E-state index is 0.622. The fourth-order valence-electron chi connectivity index (χ4n) is 9.49. The molecule has 0 saturated carbocycles. The summed E-state index contributed by atoms with van der Waals surface area (Å²) in [6, 6.07) is 63.0. The van der Waals surface area contributed by atoms with Crippen molar-refractivity contribution in [3.8, 4) is 17.2 Å². The van der Waals surface area contributed by atoms with Gasteiger partial charge >= 0.3 is 0 Å². The molecule has 13 aromatic rings. The average molecular weight is 712 g/mol. The zero-order valence-corrected chi connectivity index (χ0v) is 30.0. The zero-order chi connectivity index (χ0) is 36.5. The van der Waals surface area contributed by atoms with Gasteiger partial charge in [-0.05, 0) is 79.5 Å². The molecule has 0 aliphatic carbocycles. The molecule has 0 fully saturated rings. The Balaban J connectivity index is 1.24. The molecule has 0 radical (unpaired) electrons. The lowest BCUT2D eigenvalue weighted by atomic mass is 9.91. The number of rotatable bonds is 2. The topological polar surface area (TPSA) is 43.9 Å². The highest BCUT2D eigenvalue weighted by molar-refractivity contribution is 6.35. The van der Waals surface area contributed by atoms with Gasteiger partial charge in [-0.15, -0.1) is 0 Å². The molecule has 0 N–H and O–H groups in total. The molecule has 10 aromatic carbocycles. The van der Waals surface area contributed by atoms with Crippen molar-refractivity contribution in [2.75, 3.05) is 0 Å². The Hall–Kier alpha value is -7.56. The summed E-state index contributed by atoms with van der Waals surface area (Å²) < 4.78 is 8.95. The van der Waals surface area contributed by atoms with Gasteiger partial charge in [0.2, 0.25) is 5.95 Å². The van der Waals surface area contributed by atoms with Gasteiger partial charge in [0, 0.05) is 43.3 Å². The number of furan rings is 1. The van der Waals surface area contributed by atoms with Gasteiger partial charge in [0.05, 0.1) is 22.2 Å². The van der Waals surface area contributed by atoms with Crippen molar-refractivity contribution in [3.63, 3.8) is 0 Å². The first kappa shape index (κ1) is 29.8. The van der Waals surface area contributed by atoms with Crippen molar-refractivity contribution in [2.24, 2.45) is 0 Å². The third-order valence-electron chi connectivity index (χ3n) is 11.9. The first-order valence-corrected chi connectivity index (χ1v) is 19.1. The van der Waals surface area contributed by atoms with Crippen LogP contribution in [0.2, 0.25) is 0 Å². The Morgan fingerprint density at radius 3 is 1.79 bits per heavy atom. The van der Waals surface area contributed by atoms with E-state index in [1.54, 1.807) is 0 Å². The van der Waals surface area contributed by atoms with Crippen LogP contribution in [0.15, 0.2) is 180 Å². The van der Waals surface area contributed by atoms with Gasteiger partial charge in [0.15, 0.2) is 0 Å². The van der Waals surface area contributed by atoms with Crippen LogP contribution < -0.4 is 0 Å². The van der Waals surface area contributed by atoms with Crippen LogP contribution in [0, 0.1) is 0 Å². The Bertz CT molecular complexity index is 3800. The van der Waals surface area contributed by atoms with Crippen LogP contribution in [0.3, 0.4) is 0 Å². The first-order valence-electron chi connectivity index (χ1n) is 19.1. The lowest BCUT2D eigenvalue weighted by Gasteiger charge is -2.14. The molecule has 0 aliphatic heterocycles. The predicted molar refractivity (Wildman–Crippen MR) is 234 cm³/mol. The molecule has 3 aromatic heterocycles. The molecule has 4 nitrogen and oxygen atoms in total. The first-order chi connectivity index (χ1) is 27.8. The van der Waals surface area contributed by atoms with E-state index < -0.39 is 0 Å². The van der Waals surface area contributed by atoms with Crippen molar-refractivity contribution in [1.29, 1.82) is 0 Å². The third kappa shape index (κ3) is 3.97. The Morgan fingerprint density at radius 2 is 0.982 bits per heavy atom. The van der Waals surface area contributed by atoms with E-state index in [9.17, 15) is 0 Å². The lowest BCUT2D eigenvalue weighted by molar-refractivity contribution is 0.670. The summed E-state index contributed by atoms with van der Waals surface area (Å²) in [5, 5.41) is 17.6. The normalized spacial score (nSPS) is 12.3. The minimum absolute atomic E-state index is 0.622. The molecule has 0 atom stereocenters. The summed E-state index contributed by atoms with van der Waals surface area (Å²) in [4.78, 5) is 11.2. The number of para-hydroxylation sites is 2. The van der Waals surface area contributed by atoms with Crippen LogP contribution in [0.25, 0.3) is 126 Å². The van der Waals surface area contributed by atoms with E-state index >= 15 is 0 Å². The van der Waals surface area contributed by atoms with Crippen molar-refractivity contribution in [1.82, 2.24) is 14.5 Å². The second kappa shape index (κ2) is 11.0. The van der Waals surface area contributed by atoms with E-state index in [1.807, 2.05) is 12.1 Å². The maximum atomic E-state index is 6.65. The number of aromatic nitrogens is 3. The van der Waals surface area contributed by atoms with Gasteiger partial charge in [0.1, 0.15) is 11.2 Å². The van der Waals surface area contributed by atoms with E-state index in [4.69, 9.17) is 14.4 Å². The van der Waals surface area contributed by atoms with Gasteiger partial charge in [0.25, 0.3) is 0 Å². The minimum Gasteiger partial charge on any atom is -0.455 e. The molecule has 0 aliphatic rings. The highest BCUT2D eigenvalue weighted by atomic mass is 16.3. The van der Waals surface area contributed by atoms with E-state index in [0.717, 1.165) is 65.9 Å². The Kier molecular flexibility index (Phi) is 5.86. The maximum Gasteiger partial charge on any atom is 0.235 e. The van der Waals surface area contributed by atoms with Crippen LogP contribution in [0.1, 0.15) is 0 Å². The molecular weight excluding hydrogens is 683 g/mol. The Morgan fingerprint density at radius 1 is 0.375 bits per heavy atom. The third-order valence-corrected chi connectivity index (χ3v) is 11.9. The van der Waals surface area contributed by atoms with Crippen molar-refractivity contribution in [2.45, 2.75) is 0 Å². The monoisotopic (exact) mass is 711 g/mol. The van der Waals surface area contributed by atoms with Gasteiger partial charge in [-0.2, -0.15) is 0 Å². The van der Waals surface area contributed by atoms with Crippen LogP contribution in [0.5, 0.6) is 0 Å². The molecule has 3 heterocycles. The van der Waals surface area contributed by atoms with E-state index in [-0.39, 0.29) is 0 Å². The second-order valence-corrected chi connectivity index (χ2v) is 14.9. The predicted octanol–water partition coefficient (Wildman–Crippen LogP) is 14.1. The molecular formula is C52H29N3O. The number of hydrogen-bond acceptors (Lipinski definition) is 3. The second-order valence-electron chi connectivity index (χ2n) is 14.9. The summed E-state index contributed by atoms with van der Waals surface area (Å²) in [5.74, 6) is 0.622. The molecule has 0 amide bonds. The summed E-state index contributed by atoms with van der Waals surface area (Å²) >= 11 is 0. The maximum absolute atomic E-state index is 6.65. The van der Waals surface area contributed by atoms with Crippen LogP contribution in [-0.2, 0) is 0 Å². The van der Waals surface area contributed by atoms with Crippen LogP contribution in [-0.4, -0.2) is 14.5 Å². The molecule has 0 spiro atoms. The smallest absolute Gasteiger partial charge is 0.235 e. The van der Waals surface area contributed by atoms with Gasteiger partial charge in [-0.3, -0.25) is 4.57 Å². The highest BCUT2D eigenvalue weighted by Crippen LogP contribution is 2.45. The fourth-order valence-corrected chi connectivity index (χ4v) is 9.49. The summed E-state index contributed by atoms with van der Waals surface area (Å²) in [6.45, 7) is 0. The summed E-state index contributed by atoms with van der Waals surface area (Å²) in [5.41, 5.74) is 6.51. The summed E-state index contributed by atoms with van der Waals surface area (Å²) in [6.07, 6.45) is 0. The molecule has 56 heavy (non-hydrogen) atoms. The molecule has 13 rings (SSSR count).